The summed E-state index contributed by atoms with van der Waals surface area (Å²) >= 11 is 1.60. The molecule has 0 saturated carbocycles. The lowest BCUT2D eigenvalue weighted by Gasteiger charge is -1.86. The van der Waals surface area contributed by atoms with E-state index in [9.17, 15) is 0 Å². The first-order valence-electron chi connectivity index (χ1n) is 2.85. The number of aryl methyl sites for hydroxylation is 1. The fourth-order valence-electron chi connectivity index (χ4n) is 0.547. The summed E-state index contributed by atoms with van der Waals surface area (Å²) in [5.41, 5.74) is 0. The molecule has 1 heterocycles. The van der Waals surface area contributed by atoms with E-state index < -0.39 is 0 Å². The van der Waals surface area contributed by atoms with E-state index in [0.29, 0.717) is 0 Å². The number of hydrogen-bond donors (Lipinski definition) is 0. The van der Waals surface area contributed by atoms with Gasteiger partial charge >= 0.3 is 0 Å². The summed E-state index contributed by atoms with van der Waals surface area (Å²) in [5, 5.41) is 0.756. The molecule has 0 aliphatic carbocycles. The number of nitrogens with zero attached hydrogens (tertiary/aromatic N) is 1. The van der Waals surface area contributed by atoms with Gasteiger partial charge in [0.25, 0.3) is 5.19 Å². The first kappa shape index (κ1) is 6.55. The highest BCUT2D eigenvalue weighted by molar-refractivity contribution is 7.13. The molecule has 0 aliphatic heterocycles. The Kier molecular flexibility index (Phi) is 2.05. The van der Waals surface area contributed by atoms with Crippen LogP contribution in [0.5, 0.6) is 5.19 Å². The van der Waals surface area contributed by atoms with Gasteiger partial charge in [-0.3, -0.25) is 0 Å². The second kappa shape index (κ2) is 2.82. The molecule has 0 saturated heterocycles. The standard InChI is InChI=1S/C6H9NOS/c1-3-5-4-7-6(8-2)9-5/h4H,3H2,1-2H3. The Morgan fingerprint density at radius 2 is 2.56 bits per heavy atom. The minimum atomic E-state index is 0.756. The third-order valence-electron chi connectivity index (χ3n) is 1.06. The molecule has 0 N–H and O–H groups in total. The van der Waals surface area contributed by atoms with Gasteiger partial charge in [0.2, 0.25) is 0 Å². The molecule has 0 aromatic carbocycles. The third-order valence-corrected chi connectivity index (χ3v) is 2.16. The first-order chi connectivity index (χ1) is 4.36. The molecule has 9 heavy (non-hydrogen) atoms. The van der Waals surface area contributed by atoms with E-state index in [1.54, 1.807) is 18.4 Å². The van der Waals surface area contributed by atoms with Gasteiger partial charge in [-0.2, -0.15) is 0 Å². The maximum Gasteiger partial charge on any atom is 0.273 e. The second-order valence-electron chi connectivity index (χ2n) is 1.65. The van der Waals surface area contributed by atoms with E-state index >= 15 is 0 Å². The number of ether oxygens (including phenoxy) is 1. The van der Waals surface area contributed by atoms with Gasteiger partial charge in [-0.15, -0.1) is 0 Å². The number of rotatable bonds is 2. The van der Waals surface area contributed by atoms with E-state index in [2.05, 4.69) is 11.9 Å². The molecular formula is C6H9NOS. The lowest BCUT2D eigenvalue weighted by atomic mass is 10.4. The molecule has 50 valence electrons. The summed E-state index contributed by atoms with van der Waals surface area (Å²) in [5.74, 6) is 0. The molecule has 1 aromatic rings. The zero-order valence-electron chi connectivity index (χ0n) is 5.55. The molecule has 0 amide bonds. The van der Waals surface area contributed by atoms with Crippen LogP contribution in [-0.4, -0.2) is 12.1 Å². The number of methoxy groups -OCH3 is 1. The fraction of sp³-hybridized carbons (Fsp3) is 0.500. The summed E-state index contributed by atoms with van der Waals surface area (Å²) in [6.07, 6.45) is 2.89. The average molecular weight is 143 g/mol. The Morgan fingerprint density at radius 3 is 2.89 bits per heavy atom. The van der Waals surface area contributed by atoms with Crippen LogP contribution in [0.1, 0.15) is 11.8 Å². The zero-order valence-corrected chi connectivity index (χ0v) is 6.36. The van der Waals surface area contributed by atoms with Gasteiger partial charge in [0.1, 0.15) is 0 Å². The monoisotopic (exact) mass is 143 g/mol. The summed E-state index contributed by atoms with van der Waals surface area (Å²) in [6.45, 7) is 2.10. The van der Waals surface area contributed by atoms with E-state index in [-0.39, 0.29) is 0 Å². The lowest BCUT2D eigenvalue weighted by Crippen LogP contribution is -1.76. The predicted molar refractivity (Wildman–Crippen MR) is 38.0 cm³/mol. The van der Waals surface area contributed by atoms with E-state index in [1.165, 1.54) is 4.88 Å². The van der Waals surface area contributed by atoms with Crippen LogP contribution in [0.3, 0.4) is 0 Å². The van der Waals surface area contributed by atoms with Crippen molar-refractivity contribution in [1.29, 1.82) is 0 Å². The molecule has 0 spiro atoms. The van der Waals surface area contributed by atoms with Crippen LogP contribution in [0.25, 0.3) is 0 Å². The van der Waals surface area contributed by atoms with Gasteiger partial charge in [0.15, 0.2) is 0 Å². The minimum absolute atomic E-state index is 0.756. The van der Waals surface area contributed by atoms with Crippen molar-refractivity contribution >= 4 is 11.3 Å². The van der Waals surface area contributed by atoms with Crippen LogP contribution in [0, 0.1) is 0 Å². The van der Waals surface area contributed by atoms with Crippen molar-refractivity contribution in [2.45, 2.75) is 13.3 Å². The van der Waals surface area contributed by atoms with E-state index in [1.807, 2.05) is 6.20 Å². The Bertz CT molecular complexity index is 166. The van der Waals surface area contributed by atoms with Crippen LogP contribution in [0.4, 0.5) is 0 Å². The van der Waals surface area contributed by atoms with Gasteiger partial charge < -0.3 is 4.74 Å². The van der Waals surface area contributed by atoms with Crippen LogP contribution in [0.15, 0.2) is 6.20 Å². The Hall–Kier alpha value is -0.570. The topological polar surface area (TPSA) is 22.1 Å². The molecule has 0 fully saturated rings. The summed E-state index contributed by atoms with van der Waals surface area (Å²) in [4.78, 5) is 5.27. The average Bonchev–Trinajstić information content (AvgIpc) is 2.34. The SMILES string of the molecule is CCc1cnc(OC)s1. The Morgan fingerprint density at radius 1 is 1.78 bits per heavy atom. The molecular weight excluding hydrogens is 134 g/mol. The molecule has 2 nitrogen and oxygen atoms in total. The maximum atomic E-state index is 4.90. The van der Waals surface area contributed by atoms with Crippen molar-refractivity contribution in [3.8, 4) is 5.19 Å². The predicted octanol–water partition coefficient (Wildman–Crippen LogP) is 1.71. The normalized spacial score (nSPS) is 9.56. The molecule has 0 bridgehead atoms. The van der Waals surface area contributed by atoms with Crippen LogP contribution < -0.4 is 4.74 Å². The molecule has 0 radical (unpaired) electrons. The lowest BCUT2D eigenvalue weighted by molar-refractivity contribution is 0.412. The van der Waals surface area contributed by atoms with E-state index in [0.717, 1.165) is 11.6 Å². The molecule has 0 atom stereocenters. The summed E-state index contributed by atoms with van der Waals surface area (Å²) in [7, 11) is 1.64. The third kappa shape index (κ3) is 1.42. The highest BCUT2D eigenvalue weighted by Gasteiger charge is 1.96. The molecule has 0 aliphatic rings. The van der Waals surface area contributed by atoms with Gasteiger partial charge in [-0.1, -0.05) is 18.3 Å². The van der Waals surface area contributed by atoms with Crippen molar-refractivity contribution in [3.05, 3.63) is 11.1 Å². The Balaban J connectivity index is 2.74. The molecule has 0 unspecified atom stereocenters. The summed E-state index contributed by atoms with van der Waals surface area (Å²) in [6, 6.07) is 0. The Labute approximate surface area is 58.5 Å². The number of aromatic nitrogens is 1. The number of thiazole rings is 1. The minimum Gasteiger partial charge on any atom is -0.473 e. The first-order valence-corrected chi connectivity index (χ1v) is 3.67. The molecule has 1 aromatic heterocycles. The van der Waals surface area contributed by atoms with Crippen LogP contribution in [0.2, 0.25) is 0 Å². The molecule has 3 heteroatoms. The van der Waals surface area contributed by atoms with E-state index in [4.69, 9.17) is 4.74 Å². The van der Waals surface area contributed by atoms with Crippen LogP contribution in [-0.2, 0) is 6.42 Å². The highest BCUT2D eigenvalue weighted by atomic mass is 32.1. The number of hydrogen-bond acceptors (Lipinski definition) is 3. The van der Waals surface area contributed by atoms with Crippen molar-refractivity contribution in [3.63, 3.8) is 0 Å². The van der Waals surface area contributed by atoms with Gasteiger partial charge in [-0.05, 0) is 6.42 Å². The molecule has 1 rings (SSSR count). The fourth-order valence-corrected chi connectivity index (χ4v) is 1.21. The quantitative estimate of drug-likeness (QED) is 0.628. The van der Waals surface area contributed by atoms with Crippen molar-refractivity contribution in [2.24, 2.45) is 0 Å². The van der Waals surface area contributed by atoms with Crippen molar-refractivity contribution < 1.29 is 4.74 Å². The van der Waals surface area contributed by atoms with Crippen molar-refractivity contribution in [1.82, 2.24) is 4.98 Å². The van der Waals surface area contributed by atoms with Crippen molar-refractivity contribution in [2.75, 3.05) is 7.11 Å². The van der Waals surface area contributed by atoms with Gasteiger partial charge in [0, 0.05) is 11.1 Å². The highest BCUT2D eigenvalue weighted by Crippen LogP contribution is 2.19. The zero-order chi connectivity index (χ0) is 6.69. The largest absolute Gasteiger partial charge is 0.473 e. The van der Waals surface area contributed by atoms with Gasteiger partial charge in [0.05, 0.1) is 7.11 Å². The van der Waals surface area contributed by atoms with Crippen LogP contribution >= 0.6 is 11.3 Å². The van der Waals surface area contributed by atoms with Gasteiger partial charge in [-0.25, -0.2) is 4.98 Å². The summed E-state index contributed by atoms with van der Waals surface area (Å²) < 4.78 is 4.90. The second-order valence-corrected chi connectivity index (χ2v) is 2.73. The maximum absolute atomic E-state index is 4.90. The smallest absolute Gasteiger partial charge is 0.273 e.